The molecule has 24 heavy (non-hydrogen) atoms. The maximum atomic E-state index is 5.92. The van der Waals surface area contributed by atoms with Crippen molar-refractivity contribution in [1.29, 1.82) is 0 Å². The van der Waals surface area contributed by atoms with Crippen LogP contribution in [0, 0.1) is 0 Å². The Morgan fingerprint density at radius 3 is 2.83 bits per heavy atom. The average Bonchev–Trinajstić information content (AvgIpc) is 2.59. The number of anilines is 1. The van der Waals surface area contributed by atoms with Gasteiger partial charge in [-0.25, -0.2) is 15.0 Å². The van der Waals surface area contributed by atoms with Gasteiger partial charge in [-0.1, -0.05) is 23.7 Å². The number of pyridine rings is 2. The van der Waals surface area contributed by atoms with Crippen molar-refractivity contribution in [1.82, 2.24) is 25.3 Å². The fraction of sp³-hybridized carbons (Fsp3) is 0.0625. The van der Waals surface area contributed by atoms with Gasteiger partial charge >= 0.3 is 0 Å². The zero-order valence-electron chi connectivity index (χ0n) is 12.5. The standard InChI is InChI=1S/C16H13ClN6S/c1-2-8-18-16(24)23-14-7-6-11-15(22-14)21-12(9-19-11)10-4-3-5-13(17)20-10/h2-7,9H,1,8H2,(H2,18,21,22,23,24). The Morgan fingerprint density at radius 2 is 2.04 bits per heavy atom. The number of aromatic nitrogens is 4. The summed E-state index contributed by atoms with van der Waals surface area (Å²) in [4.78, 5) is 17.5. The normalized spacial score (nSPS) is 10.4. The summed E-state index contributed by atoms with van der Waals surface area (Å²) in [6.45, 7) is 4.20. The van der Waals surface area contributed by atoms with E-state index < -0.39 is 0 Å². The molecule has 0 saturated heterocycles. The molecule has 0 unspecified atom stereocenters. The fourth-order valence-electron chi connectivity index (χ4n) is 1.97. The lowest BCUT2D eigenvalue weighted by atomic mass is 10.3. The first-order chi connectivity index (χ1) is 11.7. The van der Waals surface area contributed by atoms with E-state index in [1.165, 1.54) is 0 Å². The van der Waals surface area contributed by atoms with E-state index in [9.17, 15) is 0 Å². The van der Waals surface area contributed by atoms with Crippen LogP contribution in [-0.4, -0.2) is 31.6 Å². The number of thiocarbonyl (C=S) groups is 1. The Morgan fingerprint density at radius 1 is 1.17 bits per heavy atom. The topological polar surface area (TPSA) is 75.6 Å². The van der Waals surface area contributed by atoms with E-state index in [1.54, 1.807) is 24.4 Å². The van der Waals surface area contributed by atoms with Gasteiger partial charge in [0, 0.05) is 6.54 Å². The second kappa shape index (κ2) is 7.29. The van der Waals surface area contributed by atoms with Crippen LogP contribution < -0.4 is 10.6 Å². The van der Waals surface area contributed by atoms with Crippen molar-refractivity contribution in [3.05, 3.63) is 54.3 Å². The van der Waals surface area contributed by atoms with Gasteiger partial charge in [0.05, 0.1) is 11.9 Å². The second-order valence-electron chi connectivity index (χ2n) is 4.76. The molecule has 3 heterocycles. The third kappa shape index (κ3) is 3.81. The highest BCUT2D eigenvalue weighted by Crippen LogP contribution is 2.19. The summed E-state index contributed by atoms with van der Waals surface area (Å²) in [7, 11) is 0. The van der Waals surface area contributed by atoms with Gasteiger partial charge in [0.25, 0.3) is 0 Å². The summed E-state index contributed by atoms with van der Waals surface area (Å²) < 4.78 is 0. The molecule has 0 aliphatic rings. The number of hydrogen-bond donors (Lipinski definition) is 2. The smallest absolute Gasteiger partial charge is 0.180 e. The molecule has 3 rings (SSSR count). The number of nitrogens with zero attached hydrogens (tertiary/aromatic N) is 4. The van der Waals surface area contributed by atoms with Crippen LogP contribution in [0.1, 0.15) is 0 Å². The van der Waals surface area contributed by atoms with Gasteiger partial charge in [-0.15, -0.1) is 6.58 Å². The minimum Gasteiger partial charge on any atom is -0.359 e. The van der Waals surface area contributed by atoms with Gasteiger partial charge in [0.2, 0.25) is 0 Å². The molecule has 2 N–H and O–H groups in total. The van der Waals surface area contributed by atoms with Gasteiger partial charge in [-0.05, 0) is 36.5 Å². The Hall–Kier alpha value is -2.64. The molecule has 0 aliphatic carbocycles. The molecule has 0 spiro atoms. The van der Waals surface area contributed by atoms with E-state index in [0.29, 0.717) is 45.2 Å². The number of rotatable bonds is 4. The highest BCUT2D eigenvalue weighted by atomic mass is 35.5. The lowest BCUT2D eigenvalue weighted by Crippen LogP contribution is -2.28. The van der Waals surface area contributed by atoms with Crippen LogP contribution in [0.5, 0.6) is 0 Å². The maximum absolute atomic E-state index is 5.92. The molecule has 0 fully saturated rings. The van der Waals surface area contributed by atoms with Crippen LogP contribution in [-0.2, 0) is 0 Å². The number of nitrogens with one attached hydrogen (secondary N) is 2. The van der Waals surface area contributed by atoms with Crippen molar-refractivity contribution in [2.75, 3.05) is 11.9 Å². The minimum absolute atomic E-state index is 0.399. The predicted molar refractivity (Wildman–Crippen MR) is 100.0 cm³/mol. The lowest BCUT2D eigenvalue weighted by molar-refractivity contribution is 1.06. The fourth-order valence-corrected chi connectivity index (χ4v) is 2.32. The van der Waals surface area contributed by atoms with E-state index in [4.69, 9.17) is 23.8 Å². The van der Waals surface area contributed by atoms with Crippen molar-refractivity contribution in [2.45, 2.75) is 0 Å². The lowest BCUT2D eigenvalue weighted by Gasteiger charge is -2.08. The van der Waals surface area contributed by atoms with E-state index in [1.807, 2.05) is 18.2 Å². The van der Waals surface area contributed by atoms with Crippen LogP contribution in [0.4, 0.5) is 5.82 Å². The molecular weight excluding hydrogens is 344 g/mol. The van der Waals surface area contributed by atoms with Crippen LogP contribution in [0.15, 0.2) is 49.2 Å². The Bertz CT molecular complexity index is 914. The Balaban J connectivity index is 1.90. The third-order valence-corrected chi connectivity index (χ3v) is 3.49. The molecule has 0 aromatic carbocycles. The summed E-state index contributed by atoms with van der Waals surface area (Å²) >= 11 is 11.1. The third-order valence-electron chi connectivity index (χ3n) is 3.03. The van der Waals surface area contributed by atoms with Crippen molar-refractivity contribution < 1.29 is 0 Å². The van der Waals surface area contributed by atoms with Crippen LogP contribution >= 0.6 is 23.8 Å². The average molecular weight is 357 g/mol. The van der Waals surface area contributed by atoms with Gasteiger partial charge in [-0.2, -0.15) is 0 Å². The van der Waals surface area contributed by atoms with E-state index in [-0.39, 0.29) is 0 Å². The maximum Gasteiger partial charge on any atom is 0.180 e. The molecule has 8 heteroatoms. The van der Waals surface area contributed by atoms with Crippen molar-refractivity contribution in [2.24, 2.45) is 0 Å². The molecule has 0 aliphatic heterocycles. The summed E-state index contributed by atoms with van der Waals surface area (Å²) in [5, 5.41) is 6.83. The van der Waals surface area contributed by atoms with Crippen molar-refractivity contribution >= 4 is 45.9 Å². The first-order valence-corrected chi connectivity index (χ1v) is 7.87. The van der Waals surface area contributed by atoms with Gasteiger partial charge in [0.1, 0.15) is 22.2 Å². The molecular formula is C16H13ClN6S. The molecule has 120 valence electrons. The van der Waals surface area contributed by atoms with Crippen LogP contribution in [0.25, 0.3) is 22.6 Å². The summed E-state index contributed by atoms with van der Waals surface area (Å²) in [6, 6.07) is 8.94. The highest BCUT2D eigenvalue weighted by molar-refractivity contribution is 7.80. The number of halogens is 1. The zero-order chi connectivity index (χ0) is 16.9. The van der Waals surface area contributed by atoms with Gasteiger partial charge in [-0.3, -0.25) is 4.98 Å². The Kier molecular flexibility index (Phi) is 4.93. The molecule has 6 nitrogen and oxygen atoms in total. The molecule has 3 aromatic heterocycles. The molecule has 0 saturated carbocycles. The second-order valence-corrected chi connectivity index (χ2v) is 5.56. The van der Waals surface area contributed by atoms with Crippen LogP contribution in [0.2, 0.25) is 5.15 Å². The summed E-state index contributed by atoms with van der Waals surface area (Å²) in [6.07, 6.45) is 3.36. The zero-order valence-corrected chi connectivity index (χ0v) is 14.1. The molecule has 3 aromatic rings. The van der Waals surface area contributed by atoms with Crippen LogP contribution in [0.3, 0.4) is 0 Å². The number of hydrogen-bond acceptors (Lipinski definition) is 5. The minimum atomic E-state index is 0.399. The summed E-state index contributed by atoms with van der Waals surface area (Å²) in [5.41, 5.74) is 2.41. The van der Waals surface area contributed by atoms with Crippen molar-refractivity contribution in [3.63, 3.8) is 0 Å². The van der Waals surface area contributed by atoms with E-state index >= 15 is 0 Å². The predicted octanol–water partition coefficient (Wildman–Crippen LogP) is 3.21. The van der Waals surface area contributed by atoms with E-state index in [0.717, 1.165) is 0 Å². The highest BCUT2D eigenvalue weighted by Gasteiger charge is 2.07. The summed E-state index contributed by atoms with van der Waals surface area (Å²) in [5.74, 6) is 0.578. The Labute approximate surface area is 149 Å². The SMILES string of the molecule is C=CCNC(=S)Nc1ccc2ncc(-c3cccc(Cl)n3)nc2n1. The molecule has 0 amide bonds. The molecule has 0 atom stereocenters. The largest absolute Gasteiger partial charge is 0.359 e. The van der Waals surface area contributed by atoms with Crippen molar-refractivity contribution in [3.8, 4) is 11.4 Å². The molecule has 0 bridgehead atoms. The van der Waals surface area contributed by atoms with E-state index in [2.05, 4.69) is 37.1 Å². The molecule has 0 radical (unpaired) electrons. The quantitative estimate of drug-likeness (QED) is 0.422. The van der Waals surface area contributed by atoms with Gasteiger partial charge in [0.15, 0.2) is 10.8 Å². The first kappa shape index (κ1) is 16.2. The van der Waals surface area contributed by atoms with Gasteiger partial charge < -0.3 is 10.6 Å². The first-order valence-electron chi connectivity index (χ1n) is 7.08. The number of fused-ring (bicyclic) bond motifs is 1. The monoisotopic (exact) mass is 356 g/mol.